The molecule has 1 nitrogen and oxygen atoms in total. The van der Waals surface area contributed by atoms with Crippen LogP contribution in [-0.2, 0) is 5.75 Å². The zero-order valence-corrected chi connectivity index (χ0v) is 12.2. The average Bonchev–Trinajstić information content (AvgIpc) is 2.66. The molecule has 0 aliphatic rings. The largest absolute Gasteiger partial charge is 0.399 e. The zero-order valence-electron chi connectivity index (χ0n) is 8.24. The van der Waals surface area contributed by atoms with Gasteiger partial charge in [-0.2, -0.15) is 0 Å². The third-order valence-electron chi connectivity index (χ3n) is 1.95. The Balaban J connectivity index is 2.07. The van der Waals surface area contributed by atoms with Crippen molar-refractivity contribution in [3.8, 4) is 0 Å². The maximum atomic E-state index is 6.09. The molecule has 0 atom stereocenters. The van der Waals surface area contributed by atoms with Crippen molar-refractivity contribution in [3.05, 3.63) is 44.0 Å². The zero-order chi connectivity index (χ0) is 11.5. The van der Waals surface area contributed by atoms with Gasteiger partial charge >= 0.3 is 0 Å². The summed E-state index contributed by atoms with van der Waals surface area (Å²) in [6, 6.07) is 9.73. The van der Waals surface area contributed by atoms with Crippen molar-refractivity contribution in [1.82, 2.24) is 0 Å². The lowest BCUT2D eigenvalue weighted by Crippen LogP contribution is -1.85. The van der Waals surface area contributed by atoms with Crippen LogP contribution in [0.3, 0.4) is 0 Å². The van der Waals surface area contributed by atoms with Gasteiger partial charge in [0, 0.05) is 21.2 Å². The van der Waals surface area contributed by atoms with Crippen LogP contribution < -0.4 is 5.73 Å². The minimum absolute atomic E-state index is 0.749. The molecule has 5 heteroatoms. The minimum atomic E-state index is 0.749. The molecule has 0 unspecified atom stereocenters. The molecule has 2 aromatic rings. The molecule has 1 aromatic heterocycles. The Labute approximate surface area is 116 Å². The maximum Gasteiger partial charge on any atom is 0.0701 e. The first-order valence-corrected chi connectivity index (χ1v) is 7.54. The van der Waals surface area contributed by atoms with Crippen LogP contribution in [0.2, 0.25) is 5.02 Å². The summed E-state index contributed by atoms with van der Waals surface area (Å²) in [5.74, 6) is 0.916. The van der Waals surface area contributed by atoms with Gasteiger partial charge in [0.1, 0.15) is 0 Å². The number of nitrogens with two attached hydrogens (primary N) is 1. The van der Waals surface area contributed by atoms with E-state index in [2.05, 4.69) is 28.1 Å². The van der Waals surface area contributed by atoms with Gasteiger partial charge in [0.15, 0.2) is 0 Å². The molecule has 0 amide bonds. The Morgan fingerprint density at radius 3 is 2.81 bits per heavy atom. The number of anilines is 1. The Kier molecular flexibility index (Phi) is 4.19. The van der Waals surface area contributed by atoms with Crippen LogP contribution in [0.5, 0.6) is 0 Å². The van der Waals surface area contributed by atoms with Gasteiger partial charge in [-0.25, -0.2) is 0 Å². The fraction of sp³-hybridized carbons (Fsp3) is 0.0909. The average molecular weight is 335 g/mol. The van der Waals surface area contributed by atoms with Gasteiger partial charge in [-0.3, -0.25) is 0 Å². The van der Waals surface area contributed by atoms with Crippen molar-refractivity contribution in [2.45, 2.75) is 10.6 Å². The lowest BCUT2D eigenvalue weighted by Gasteiger charge is -2.03. The van der Waals surface area contributed by atoms with Gasteiger partial charge in [-0.15, -0.1) is 23.1 Å². The van der Waals surface area contributed by atoms with E-state index in [0.717, 1.165) is 25.1 Å². The van der Waals surface area contributed by atoms with Crippen molar-refractivity contribution in [3.63, 3.8) is 0 Å². The summed E-state index contributed by atoms with van der Waals surface area (Å²) in [4.78, 5) is 2.35. The number of thioether (sulfide) groups is 1. The van der Waals surface area contributed by atoms with E-state index in [1.54, 1.807) is 23.1 Å². The van der Waals surface area contributed by atoms with Crippen molar-refractivity contribution in [2.24, 2.45) is 0 Å². The van der Waals surface area contributed by atoms with E-state index < -0.39 is 0 Å². The van der Waals surface area contributed by atoms with E-state index in [9.17, 15) is 0 Å². The third kappa shape index (κ3) is 3.17. The second-order valence-corrected chi connectivity index (χ2v) is 7.16. The van der Waals surface area contributed by atoms with E-state index in [0.29, 0.717) is 0 Å². The van der Waals surface area contributed by atoms with Crippen LogP contribution in [0.4, 0.5) is 5.69 Å². The third-order valence-corrected chi connectivity index (χ3v) is 5.31. The van der Waals surface area contributed by atoms with Crippen molar-refractivity contribution >= 4 is 56.3 Å². The molecule has 0 saturated heterocycles. The smallest absolute Gasteiger partial charge is 0.0701 e. The number of benzene rings is 1. The first-order chi connectivity index (χ1) is 7.65. The summed E-state index contributed by atoms with van der Waals surface area (Å²) < 4.78 is 1.15. The van der Waals surface area contributed by atoms with Crippen LogP contribution in [0.25, 0.3) is 0 Å². The molecule has 84 valence electrons. The van der Waals surface area contributed by atoms with Crippen LogP contribution in [0.15, 0.2) is 39.0 Å². The molecule has 0 spiro atoms. The van der Waals surface area contributed by atoms with Crippen molar-refractivity contribution in [1.29, 1.82) is 0 Å². The predicted molar refractivity (Wildman–Crippen MR) is 77.4 cm³/mol. The number of nitrogen functional groups attached to an aromatic ring is 1. The van der Waals surface area contributed by atoms with Gasteiger partial charge in [-0.05, 0) is 46.3 Å². The van der Waals surface area contributed by atoms with Gasteiger partial charge in [-0.1, -0.05) is 11.6 Å². The molecule has 0 radical (unpaired) electrons. The molecule has 1 heterocycles. The molecule has 2 N–H and O–H groups in total. The molecular formula is C11H9BrClNS2. The van der Waals surface area contributed by atoms with Crippen LogP contribution in [0.1, 0.15) is 4.88 Å². The summed E-state index contributed by atoms with van der Waals surface area (Å²) in [5, 5.41) is 0.759. The van der Waals surface area contributed by atoms with E-state index in [1.807, 2.05) is 18.2 Å². The van der Waals surface area contributed by atoms with Crippen LogP contribution >= 0.6 is 50.6 Å². The summed E-state index contributed by atoms with van der Waals surface area (Å²) in [6.07, 6.45) is 0. The summed E-state index contributed by atoms with van der Waals surface area (Å²) in [5.41, 5.74) is 6.47. The lowest BCUT2D eigenvalue weighted by molar-refractivity contribution is 1.43. The van der Waals surface area contributed by atoms with Gasteiger partial charge in [0.05, 0.1) is 8.81 Å². The van der Waals surface area contributed by atoms with Crippen LogP contribution in [-0.4, -0.2) is 0 Å². The van der Waals surface area contributed by atoms with Gasteiger partial charge in [0.25, 0.3) is 0 Å². The highest BCUT2D eigenvalue weighted by atomic mass is 79.9. The van der Waals surface area contributed by atoms with E-state index in [4.69, 9.17) is 17.3 Å². The Morgan fingerprint density at radius 2 is 2.12 bits per heavy atom. The summed E-state index contributed by atoms with van der Waals surface area (Å²) in [7, 11) is 0. The first-order valence-electron chi connectivity index (χ1n) is 4.57. The highest BCUT2D eigenvalue weighted by Crippen LogP contribution is 2.33. The predicted octanol–water partition coefficient (Wildman–Crippen LogP) is 5.04. The number of hydrogen-bond acceptors (Lipinski definition) is 3. The molecule has 0 fully saturated rings. The number of hydrogen-bond donors (Lipinski definition) is 1. The second-order valence-electron chi connectivity index (χ2n) is 3.18. The second kappa shape index (κ2) is 5.45. The molecule has 1 aromatic carbocycles. The number of halogens is 2. The minimum Gasteiger partial charge on any atom is -0.399 e. The van der Waals surface area contributed by atoms with Crippen LogP contribution in [0, 0.1) is 0 Å². The lowest BCUT2D eigenvalue weighted by atomic mass is 10.3. The molecule has 0 aliphatic carbocycles. The monoisotopic (exact) mass is 333 g/mol. The Morgan fingerprint density at radius 1 is 1.31 bits per heavy atom. The molecule has 0 aliphatic heterocycles. The SMILES string of the molecule is Nc1ccc(Cl)c(SCc2ccc(Br)s2)c1. The maximum absolute atomic E-state index is 6.09. The first kappa shape index (κ1) is 12.3. The topological polar surface area (TPSA) is 26.0 Å². The normalized spacial score (nSPS) is 10.6. The molecular weight excluding hydrogens is 326 g/mol. The van der Waals surface area contributed by atoms with E-state index in [1.165, 1.54) is 4.88 Å². The molecule has 0 saturated carbocycles. The number of rotatable bonds is 3. The fourth-order valence-electron chi connectivity index (χ4n) is 1.21. The summed E-state index contributed by atoms with van der Waals surface area (Å²) >= 11 is 13.0. The molecule has 16 heavy (non-hydrogen) atoms. The van der Waals surface area contributed by atoms with E-state index >= 15 is 0 Å². The molecule has 2 rings (SSSR count). The van der Waals surface area contributed by atoms with Crippen molar-refractivity contribution in [2.75, 3.05) is 5.73 Å². The summed E-state index contributed by atoms with van der Waals surface area (Å²) in [6.45, 7) is 0. The quantitative estimate of drug-likeness (QED) is 0.628. The Bertz CT molecular complexity index is 498. The number of thiophene rings is 1. The van der Waals surface area contributed by atoms with E-state index in [-0.39, 0.29) is 0 Å². The van der Waals surface area contributed by atoms with Gasteiger partial charge in [0.2, 0.25) is 0 Å². The Hall–Kier alpha value is -0.160. The van der Waals surface area contributed by atoms with Crippen molar-refractivity contribution < 1.29 is 0 Å². The highest BCUT2D eigenvalue weighted by molar-refractivity contribution is 9.11. The fourth-order valence-corrected chi connectivity index (χ4v) is 4.00. The van der Waals surface area contributed by atoms with Gasteiger partial charge < -0.3 is 5.73 Å². The standard InChI is InChI=1S/C11H9BrClNS2/c12-11-4-2-8(16-11)6-15-10-5-7(14)1-3-9(10)13/h1-5H,6,14H2. The highest BCUT2D eigenvalue weighted by Gasteiger charge is 2.04. The molecule has 0 bridgehead atoms.